The molecule has 1 heterocycles. The Bertz CT molecular complexity index is 1190. The second kappa shape index (κ2) is 8.20. The number of hydrogen-bond donors (Lipinski definition) is 1. The quantitative estimate of drug-likeness (QED) is 0.403. The molecular weight excluding hydrogens is 376 g/mol. The maximum Gasteiger partial charge on any atom is 0.377 e. The fourth-order valence-electron chi connectivity index (χ4n) is 3.92. The van der Waals surface area contributed by atoms with Crippen LogP contribution in [0.15, 0.2) is 48.5 Å². The molecule has 0 amide bonds. The fraction of sp³-hybridized carbons (Fsp3) is 0.208. The molecule has 6 nitrogen and oxygen atoms in total. The first kappa shape index (κ1) is 19.4. The van der Waals surface area contributed by atoms with Gasteiger partial charge in [0.15, 0.2) is 6.07 Å². The lowest BCUT2D eigenvalue weighted by Crippen LogP contribution is -2.41. The summed E-state index contributed by atoms with van der Waals surface area (Å²) in [5.41, 5.74) is 5.92. The van der Waals surface area contributed by atoms with Crippen LogP contribution in [0.4, 0.5) is 0 Å². The van der Waals surface area contributed by atoms with Crippen LogP contribution in [0.3, 0.4) is 0 Å². The second-order valence-corrected chi connectivity index (χ2v) is 6.96. The van der Waals surface area contributed by atoms with E-state index in [0.717, 1.165) is 58.8 Å². The van der Waals surface area contributed by atoms with E-state index in [9.17, 15) is 5.26 Å². The maximum atomic E-state index is 9.64. The summed E-state index contributed by atoms with van der Waals surface area (Å²) in [6.07, 6.45) is 2.83. The first-order chi connectivity index (χ1) is 14.7. The summed E-state index contributed by atoms with van der Waals surface area (Å²) in [6.45, 7) is 0. The smallest absolute Gasteiger partial charge is 0.377 e. The standard InChI is InChI=1S/C24H21N4O2/c1-29-19-10-6-16(7-11-19)23-21-4-3-5-22(21)24(28(27-23)18(14-25)15-26)17-8-12-20(30-2)13-9-17/h6-13,25H,3-5H2,1-2H3/q+1. The molecule has 4 rings (SSSR count). The van der Waals surface area contributed by atoms with Crippen molar-refractivity contribution in [1.29, 1.82) is 10.7 Å². The summed E-state index contributed by atoms with van der Waals surface area (Å²) in [4.78, 5) is 0. The van der Waals surface area contributed by atoms with Gasteiger partial charge in [-0.15, -0.1) is 0 Å². The minimum absolute atomic E-state index is 0.0466. The van der Waals surface area contributed by atoms with Gasteiger partial charge in [-0.1, -0.05) is 0 Å². The molecule has 0 fully saturated rings. The predicted molar refractivity (Wildman–Crippen MR) is 113 cm³/mol. The average Bonchev–Trinajstić information content (AvgIpc) is 3.29. The van der Waals surface area contributed by atoms with Gasteiger partial charge in [-0.2, -0.15) is 5.26 Å². The normalized spacial score (nSPS) is 11.9. The molecule has 148 valence electrons. The zero-order chi connectivity index (χ0) is 21.1. The highest BCUT2D eigenvalue weighted by atomic mass is 16.5. The largest absolute Gasteiger partial charge is 0.497 e. The highest BCUT2D eigenvalue weighted by molar-refractivity contribution is 5.82. The van der Waals surface area contributed by atoms with Crippen molar-refractivity contribution >= 4 is 11.6 Å². The van der Waals surface area contributed by atoms with E-state index in [4.69, 9.17) is 20.0 Å². The Hall–Kier alpha value is -3.94. The van der Waals surface area contributed by atoms with E-state index < -0.39 is 0 Å². The number of fused-ring (bicyclic) bond motifs is 1. The van der Waals surface area contributed by atoms with Crippen LogP contribution in [0.2, 0.25) is 0 Å². The van der Waals surface area contributed by atoms with E-state index in [-0.39, 0.29) is 5.70 Å². The molecule has 1 aliphatic carbocycles. The molecule has 0 unspecified atom stereocenters. The fourth-order valence-corrected chi connectivity index (χ4v) is 3.92. The number of nitrogens with one attached hydrogen (secondary N) is 1. The zero-order valence-electron chi connectivity index (χ0n) is 16.9. The van der Waals surface area contributed by atoms with Crippen LogP contribution in [0.25, 0.3) is 28.2 Å². The second-order valence-electron chi connectivity index (χ2n) is 6.96. The summed E-state index contributed by atoms with van der Waals surface area (Å²) in [7, 11) is 3.26. The van der Waals surface area contributed by atoms with Crippen molar-refractivity contribution < 1.29 is 14.2 Å². The van der Waals surface area contributed by atoms with Crippen molar-refractivity contribution in [2.45, 2.75) is 19.3 Å². The van der Waals surface area contributed by atoms with Crippen molar-refractivity contribution in [3.63, 3.8) is 0 Å². The van der Waals surface area contributed by atoms with Crippen LogP contribution >= 0.6 is 0 Å². The maximum absolute atomic E-state index is 9.64. The van der Waals surface area contributed by atoms with Crippen LogP contribution in [-0.4, -0.2) is 25.2 Å². The van der Waals surface area contributed by atoms with Crippen LogP contribution in [0, 0.1) is 16.7 Å². The van der Waals surface area contributed by atoms with E-state index >= 15 is 0 Å². The number of benzene rings is 2. The molecule has 0 bridgehead atoms. The number of nitrogens with zero attached hydrogens (tertiary/aromatic N) is 3. The number of ether oxygens (including phenoxy) is 2. The third kappa shape index (κ3) is 3.32. The summed E-state index contributed by atoms with van der Waals surface area (Å²) in [5.74, 6) is 3.78. The number of allylic oxidation sites excluding steroid dienone is 1. The van der Waals surface area contributed by atoms with E-state index in [1.807, 2.05) is 48.5 Å². The van der Waals surface area contributed by atoms with Gasteiger partial charge in [0.1, 0.15) is 17.2 Å². The Morgan fingerprint density at radius 3 is 2.03 bits per heavy atom. The number of hydrogen-bond acceptors (Lipinski definition) is 5. The molecular formula is C24H21N4O2+. The average molecular weight is 397 g/mol. The van der Waals surface area contributed by atoms with Gasteiger partial charge in [-0.3, -0.25) is 5.41 Å². The Labute approximate surface area is 175 Å². The SMILES string of the molecule is COc1ccc(-c2n[n+](C(=C=N)C#N)c(-c3ccc(OC)cc3)c3c2CCC3)cc1. The van der Waals surface area contributed by atoms with Crippen LogP contribution < -0.4 is 14.2 Å². The molecule has 0 radical (unpaired) electrons. The number of nitriles is 1. The Kier molecular flexibility index (Phi) is 5.30. The van der Waals surface area contributed by atoms with Gasteiger partial charge in [-0.25, -0.2) is 0 Å². The van der Waals surface area contributed by atoms with E-state index in [0.29, 0.717) is 0 Å². The van der Waals surface area contributed by atoms with Gasteiger partial charge < -0.3 is 9.47 Å². The molecule has 1 aromatic heterocycles. The molecule has 30 heavy (non-hydrogen) atoms. The van der Waals surface area contributed by atoms with Gasteiger partial charge in [0, 0.05) is 21.8 Å². The lowest BCUT2D eigenvalue weighted by molar-refractivity contribution is -0.629. The number of aromatic nitrogens is 2. The van der Waals surface area contributed by atoms with Crippen molar-refractivity contribution in [3.8, 4) is 40.1 Å². The molecule has 3 aromatic rings. The zero-order valence-corrected chi connectivity index (χ0v) is 16.9. The predicted octanol–water partition coefficient (Wildman–Crippen LogP) is 3.82. The lowest BCUT2D eigenvalue weighted by Gasteiger charge is -2.11. The number of rotatable bonds is 5. The molecule has 0 aliphatic heterocycles. The summed E-state index contributed by atoms with van der Waals surface area (Å²) in [5, 5.41) is 22.1. The molecule has 2 aromatic carbocycles. The van der Waals surface area contributed by atoms with Gasteiger partial charge in [0.2, 0.25) is 0 Å². The van der Waals surface area contributed by atoms with Crippen molar-refractivity contribution in [2.75, 3.05) is 14.2 Å². The summed E-state index contributed by atoms with van der Waals surface area (Å²) in [6, 6.07) is 17.5. The van der Waals surface area contributed by atoms with Crippen LogP contribution in [-0.2, 0) is 12.8 Å². The molecule has 1 aliphatic rings. The topological polar surface area (TPSA) is 82.9 Å². The highest BCUT2D eigenvalue weighted by Crippen LogP contribution is 2.36. The third-order valence-corrected chi connectivity index (χ3v) is 5.36. The summed E-state index contributed by atoms with van der Waals surface area (Å²) >= 11 is 0. The Morgan fingerprint density at radius 1 is 0.933 bits per heavy atom. The highest BCUT2D eigenvalue weighted by Gasteiger charge is 2.33. The summed E-state index contributed by atoms with van der Waals surface area (Å²) < 4.78 is 12.1. The van der Waals surface area contributed by atoms with Crippen molar-refractivity contribution in [3.05, 3.63) is 59.7 Å². The van der Waals surface area contributed by atoms with Gasteiger partial charge >= 0.3 is 5.70 Å². The minimum Gasteiger partial charge on any atom is -0.497 e. The Balaban J connectivity index is 1.99. The van der Waals surface area contributed by atoms with Crippen molar-refractivity contribution in [1.82, 2.24) is 5.10 Å². The van der Waals surface area contributed by atoms with E-state index in [1.54, 1.807) is 18.9 Å². The van der Waals surface area contributed by atoms with Crippen LogP contribution in [0.1, 0.15) is 17.5 Å². The van der Waals surface area contributed by atoms with Gasteiger partial charge in [0.25, 0.3) is 5.69 Å². The molecule has 1 N–H and O–H groups in total. The molecule has 0 saturated heterocycles. The minimum atomic E-state index is 0.0466. The Morgan fingerprint density at radius 2 is 1.50 bits per heavy atom. The van der Waals surface area contributed by atoms with Crippen LogP contribution in [0.5, 0.6) is 11.5 Å². The lowest BCUT2D eigenvalue weighted by atomic mass is 9.98. The molecule has 0 saturated carbocycles. The van der Waals surface area contributed by atoms with Crippen molar-refractivity contribution in [2.24, 2.45) is 0 Å². The monoisotopic (exact) mass is 397 g/mol. The van der Waals surface area contributed by atoms with Gasteiger partial charge in [0.05, 0.1) is 20.1 Å². The third-order valence-electron chi connectivity index (χ3n) is 5.36. The molecule has 0 spiro atoms. The number of methoxy groups -OCH3 is 2. The first-order valence-electron chi connectivity index (χ1n) is 9.67. The van der Waals surface area contributed by atoms with Gasteiger partial charge in [-0.05, 0) is 78.0 Å². The molecule has 6 heteroatoms. The molecule has 0 atom stereocenters. The first-order valence-corrected chi connectivity index (χ1v) is 9.67. The van der Waals surface area contributed by atoms with E-state index in [2.05, 4.69) is 11.9 Å². The van der Waals surface area contributed by atoms with E-state index in [1.165, 1.54) is 5.56 Å².